The molecule has 2 rings (SSSR count). The third-order valence-corrected chi connectivity index (χ3v) is 5.93. The summed E-state index contributed by atoms with van der Waals surface area (Å²) in [5.74, 6) is 0.569. The van der Waals surface area contributed by atoms with Gasteiger partial charge in [-0.3, -0.25) is 5.14 Å². The standard InChI is InChI=1S/C12H21NO2S/c1-10-8-15-11(9-16(10,13)14)12(2)6-4-3-5-7-12/h4-7,10-11,14H,3,8-9,13H2,1-2H3/t10-,11-/m0/s1. The van der Waals surface area contributed by atoms with E-state index >= 15 is 0 Å². The van der Waals surface area contributed by atoms with Crippen molar-refractivity contribution in [3.05, 3.63) is 24.3 Å². The molecule has 3 atom stereocenters. The Morgan fingerprint density at radius 1 is 1.44 bits per heavy atom. The first kappa shape index (κ1) is 12.2. The lowest BCUT2D eigenvalue weighted by Crippen LogP contribution is -2.47. The lowest BCUT2D eigenvalue weighted by molar-refractivity contribution is 0.0128. The molecular formula is C12H21NO2S. The molecule has 1 aliphatic carbocycles. The van der Waals surface area contributed by atoms with E-state index in [9.17, 15) is 4.55 Å². The molecular weight excluding hydrogens is 222 g/mol. The van der Waals surface area contributed by atoms with Crippen molar-refractivity contribution in [2.75, 3.05) is 12.4 Å². The van der Waals surface area contributed by atoms with Gasteiger partial charge in [0.2, 0.25) is 0 Å². The molecule has 1 unspecified atom stereocenters. The first-order valence-electron chi connectivity index (χ1n) is 5.71. The van der Waals surface area contributed by atoms with Gasteiger partial charge in [0, 0.05) is 16.4 Å². The summed E-state index contributed by atoms with van der Waals surface area (Å²) >= 11 is 0. The first-order valence-corrected chi connectivity index (χ1v) is 7.60. The van der Waals surface area contributed by atoms with Crippen molar-refractivity contribution in [3.8, 4) is 0 Å². The molecule has 0 aromatic rings. The van der Waals surface area contributed by atoms with E-state index in [-0.39, 0.29) is 16.8 Å². The van der Waals surface area contributed by atoms with Crippen LogP contribution in [0.15, 0.2) is 24.3 Å². The SMILES string of the molecule is C[C@H]1CO[C@H](C2(C)C=CCC=C2)CS1(N)O. The molecule has 0 amide bonds. The number of rotatable bonds is 1. The second-order valence-corrected chi connectivity index (χ2v) is 7.77. The first-order chi connectivity index (χ1) is 7.44. The molecule has 0 aromatic carbocycles. The zero-order chi connectivity index (χ0) is 11.8. The van der Waals surface area contributed by atoms with Crippen LogP contribution in [0.1, 0.15) is 20.3 Å². The maximum Gasteiger partial charge on any atom is 0.0805 e. The highest BCUT2D eigenvalue weighted by atomic mass is 32.3. The van der Waals surface area contributed by atoms with E-state index < -0.39 is 10.5 Å². The second kappa shape index (κ2) is 4.18. The average molecular weight is 243 g/mol. The predicted octanol–water partition coefficient (Wildman–Crippen LogP) is 2.45. The summed E-state index contributed by atoms with van der Waals surface area (Å²) in [5.41, 5.74) is -0.112. The van der Waals surface area contributed by atoms with E-state index in [0.717, 1.165) is 6.42 Å². The van der Waals surface area contributed by atoms with Gasteiger partial charge in [0.1, 0.15) is 0 Å². The van der Waals surface area contributed by atoms with Crippen molar-refractivity contribution in [1.82, 2.24) is 0 Å². The van der Waals surface area contributed by atoms with Crippen LogP contribution in [0.3, 0.4) is 0 Å². The Morgan fingerprint density at radius 2 is 2.06 bits per heavy atom. The average Bonchev–Trinajstić information content (AvgIpc) is 2.23. The van der Waals surface area contributed by atoms with E-state index in [2.05, 4.69) is 31.2 Å². The quantitative estimate of drug-likeness (QED) is 0.696. The smallest absolute Gasteiger partial charge is 0.0805 e. The van der Waals surface area contributed by atoms with Gasteiger partial charge in [0.25, 0.3) is 0 Å². The van der Waals surface area contributed by atoms with Gasteiger partial charge < -0.3 is 9.29 Å². The van der Waals surface area contributed by atoms with Crippen molar-refractivity contribution in [2.24, 2.45) is 10.6 Å². The molecule has 1 fully saturated rings. The largest absolute Gasteiger partial charge is 0.375 e. The molecule has 1 saturated heterocycles. The van der Waals surface area contributed by atoms with E-state index in [4.69, 9.17) is 9.88 Å². The van der Waals surface area contributed by atoms with Gasteiger partial charge in [-0.2, -0.15) is 0 Å². The van der Waals surface area contributed by atoms with Gasteiger partial charge in [-0.15, -0.1) is 0 Å². The Hall–Kier alpha value is -0.290. The Balaban J connectivity index is 2.14. The molecule has 2 aliphatic rings. The van der Waals surface area contributed by atoms with Crippen LogP contribution < -0.4 is 5.14 Å². The van der Waals surface area contributed by atoms with Gasteiger partial charge in [0.15, 0.2) is 0 Å². The highest BCUT2D eigenvalue weighted by molar-refractivity contribution is 8.27. The molecule has 0 spiro atoms. The van der Waals surface area contributed by atoms with E-state index in [1.54, 1.807) is 0 Å². The summed E-state index contributed by atoms with van der Waals surface area (Å²) in [7, 11) is -1.99. The van der Waals surface area contributed by atoms with Crippen molar-refractivity contribution in [1.29, 1.82) is 0 Å². The summed E-state index contributed by atoms with van der Waals surface area (Å²) < 4.78 is 16.0. The number of ether oxygens (including phenoxy) is 1. The fraction of sp³-hybridized carbons (Fsp3) is 0.667. The van der Waals surface area contributed by atoms with Crippen LogP contribution in [0.25, 0.3) is 0 Å². The van der Waals surface area contributed by atoms with E-state index in [1.165, 1.54) is 0 Å². The monoisotopic (exact) mass is 243 g/mol. The third-order valence-electron chi connectivity index (χ3n) is 3.57. The van der Waals surface area contributed by atoms with Crippen LogP contribution in [0.2, 0.25) is 0 Å². The van der Waals surface area contributed by atoms with Crippen molar-refractivity contribution in [3.63, 3.8) is 0 Å². The zero-order valence-electron chi connectivity index (χ0n) is 9.93. The third kappa shape index (κ3) is 2.20. The molecule has 4 heteroatoms. The predicted molar refractivity (Wildman–Crippen MR) is 69.5 cm³/mol. The molecule has 16 heavy (non-hydrogen) atoms. The maximum absolute atomic E-state index is 10.2. The topological polar surface area (TPSA) is 55.5 Å². The molecule has 0 bridgehead atoms. The molecule has 3 nitrogen and oxygen atoms in total. The van der Waals surface area contributed by atoms with Crippen molar-refractivity contribution in [2.45, 2.75) is 31.6 Å². The lowest BCUT2D eigenvalue weighted by atomic mass is 9.81. The molecule has 1 heterocycles. The van der Waals surface area contributed by atoms with Crippen LogP contribution in [0, 0.1) is 5.41 Å². The van der Waals surface area contributed by atoms with Crippen LogP contribution in [-0.2, 0) is 4.74 Å². The highest BCUT2D eigenvalue weighted by Crippen LogP contribution is 2.48. The fourth-order valence-electron chi connectivity index (χ4n) is 2.18. The summed E-state index contributed by atoms with van der Waals surface area (Å²) in [6, 6.07) is 0. The van der Waals surface area contributed by atoms with Crippen LogP contribution in [0.4, 0.5) is 0 Å². The van der Waals surface area contributed by atoms with Crippen molar-refractivity contribution >= 4 is 10.5 Å². The minimum absolute atomic E-state index is 0.00139. The number of allylic oxidation sites excluding steroid dienone is 2. The Morgan fingerprint density at radius 3 is 2.62 bits per heavy atom. The van der Waals surface area contributed by atoms with E-state index in [1.807, 2.05) is 6.92 Å². The Bertz CT molecular complexity index is 313. The van der Waals surface area contributed by atoms with E-state index in [0.29, 0.717) is 12.4 Å². The number of hydrogen-bond donors (Lipinski definition) is 2. The molecule has 0 saturated carbocycles. The van der Waals surface area contributed by atoms with Gasteiger partial charge in [-0.1, -0.05) is 41.7 Å². The lowest BCUT2D eigenvalue weighted by Gasteiger charge is -2.47. The number of hydrogen-bond acceptors (Lipinski definition) is 3. The van der Waals surface area contributed by atoms with Gasteiger partial charge >= 0.3 is 0 Å². The zero-order valence-corrected chi connectivity index (χ0v) is 10.7. The Labute approximate surface area is 99.0 Å². The second-order valence-electron chi connectivity index (χ2n) is 5.02. The molecule has 92 valence electrons. The summed E-state index contributed by atoms with van der Waals surface area (Å²) in [5, 5.41) is 6.06. The minimum atomic E-state index is -1.99. The Kier molecular flexibility index (Phi) is 3.18. The summed E-state index contributed by atoms with van der Waals surface area (Å²) in [6.45, 7) is 4.65. The highest BCUT2D eigenvalue weighted by Gasteiger charge is 2.41. The molecule has 3 N–H and O–H groups in total. The summed E-state index contributed by atoms with van der Waals surface area (Å²) in [4.78, 5) is 0. The normalized spacial score (nSPS) is 46.2. The molecule has 0 radical (unpaired) electrons. The fourth-order valence-corrected chi connectivity index (χ4v) is 3.76. The van der Waals surface area contributed by atoms with Crippen LogP contribution >= 0.6 is 10.5 Å². The van der Waals surface area contributed by atoms with Crippen molar-refractivity contribution < 1.29 is 9.29 Å². The van der Waals surface area contributed by atoms with Gasteiger partial charge in [-0.05, 0) is 13.3 Å². The van der Waals surface area contributed by atoms with Crippen LogP contribution in [0.5, 0.6) is 0 Å². The van der Waals surface area contributed by atoms with Gasteiger partial charge in [-0.25, -0.2) is 0 Å². The molecule has 1 aliphatic heterocycles. The number of nitrogens with two attached hydrogens (primary N) is 1. The van der Waals surface area contributed by atoms with Gasteiger partial charge in [0.05, 0.1) is 12.7 Å². The molecule has 0 aromatic heterocycles. The van der Waals surface area contributed by atoms with Crippen LogP contribution in [-0.4, -0.2) is 28.3 Å². The maximum atomic E-state index is 10.2. The summed E-state index contributed by atoms with van der Waals surface area (Å²) in [6.07, 6.45) is 9.62. The minimum Gasteiger partial charge on any atom is -0.375 e.